The second-order valence-electron chi connectivity index (χ2n) is 5.68. The first-order valence-electron chi connectivity index (χ1n) is 5.60. The van der Waals surface area contributed by atoms with Crippen molar-refractivity contribution >= 4 is 5.78 Å². The Morgan fingerprint density at radius 1 is 1.43 bits per heavy atom. The van der Waals surface area contributed by atoms with E-state index in [9.17, 15) is 4.79 Å². The van der Waals surface area contributed by atoms with E-state index in [2.05, 4.69) is 20.8 Å². The molecule has 2 heteroatoms. The average molecular weight is 196 g/mol. The molecule has 0 heterocycles. The van der Waals surface area contributed by atoms with Crippen molar-refractivity contribution in [2.75, 3.05) is 6.61 Å². The molecule has 0 radical (unpaired) electrons. The summed E-state index contributed by atoms with van der Waals surface area (Å²) in [5, 5.41) is 8.97. The Bertz CT molecular complexity index is 269. The number of carbonyl (C=O) groups is 1. The number of Topliss-reactive ketones (excluding diaryl/α,β-unsaturated/α-hetero) is 1. The molecule has 0 aromatic rings. The van der Waals surface area contributed by atoms with Crippen molar-refractivity contribution in [1.82, 2.24) is 0 Å². The summed E-state index contributed by atoms with van der Waals surface area (Å²) in [6.45, 7) is 6.71. The molecule has 2 fully saturated rings. The molecule has 2 bridgehead atoms. The molecule has 0 aromatic heterocycles. The van der Waals surface area contributed by atoms with E-state index in [0.29, 0.717) is 18.1 Å². The summed E-state index contributed by atoms with van der Waals surface area (Å²) in [6.07, 6.45) is 2.88. The third-order valence-electron chi connectivity index (χ3n) is 5.11. The van der Waals surface area contributed by atoms with Crippen LogP contribution in [-0.4, -0.2) is 17.5 Å². The van der Waals surface area contributed by atoms with Crippen LogP contribution < -0.4 is 0 Å². The van der Waals surface area contributed by atoms with Crippen molar-refractivity contribution in [3.63, 3.8) is 0 Å². The van der Waals surface area contributed by atoms with Gasteiger partial charge in [-0.2, -0.15) is 0 Å². The minimum atomic E-state index is -0.114. The number of hydrogen-bond acceptors (Lipinski definition) is 2. The van der Waals surface area contributed by atoms with Gasteiger partial charge in [-0.25, -0.2) is 0 Å². The highest BCUT2D eigenvalue weighted by molar-refractivity contribution is 5.91. The molecule has 0 amide bonds. The summed E-state index contributed by atoms with van der Waals surface area (Å²) < 4.78 is 0. The van der Waals surface area contributed by atoms with Crippen LogP contribution in [-0.2, 0) is 4.79 Å². The molecule has 2 saturated carbocycles. The summed E-state index contributed by atoms with van der Waals surface area (Å²) in [4.78, 5) is 12.2. The maximum absolute atomic E-state index is 12.2. The van der Waals surface area contributed by atoms with Gasteiger partial charge in [0.05, 0.1) is 0 Å². The summed E-state index contributed by atoms with van der Waals surface area (Å²) in [6, 6.07) is 0. The molecule has 0 saturated heterocycles. The van der Waals surface area contributed by atoms with Gasteiger partial charge in [0, 0.05) is 17.9 Å². The third-order valence-corrected chi connectivity index (χ3v) is 5.11. The zero-order valence-electron chi connectivity index (χ0n) is 9.34. The fourth-order valence-electron chi connectivity index (χ4n) is 3.74. The Labute approximate surface area is 85.7 Å². The number of aliphatic hydroxyl groups excluding tert-OH is 1. The zero-order valence-corrected chi connectivity index (χ0v) is 9.34. The Morgan fingerprint density at radius 2 is 2.07 bits per heavy atom. The van der Waals surface area contributed by atoms with E-state index in [-0.39, 0.29) is 23.4 Å². The van der Waals surface area contributed by atoms with Crippen LogP contribution in [0.5, 0.6) is 0 Å². The van der Waals surface area contributed by atoms with Crippen molar-refractivity contribution in [2.45, 2.75) is 40.0 Å². The van der Waals surface area contributed by atoms with Crippen LogP contribution in [0.4, 0.5) is 0 Å². The van der Waals surface area contributed by atoms with Crippen LogP contribution in [0.3, 0.4) is 0 Å². The fourth-order valence-corrected chi connectivity index (χ4v) is 3.74. The van der Waals surface area contributed by atoms with Crippen LogP contribution >= 0.6 is 0 Å². The number of ketones is 1. The third kappa shape index (κ3) is 0.928. The van der Waals surface area contributed by atoms with Gasteiger partial charge >= 0.3 is 0 Å². The van der Waals surface area contributed by atoms with Crippen LogP contribution in [0.2, 0.25) is 0 Å². The van der Waals surface area contributed by atoms with E-state index in [1.165, 1.54) is 6.42 Å². The van der Waals surface area contributed by atoms with Gasteiger partial charge in [0.1, 0.15) is 5.78 Å². The largest absolute Gasteiger partial charge is 0.396 e. The van der Waals surface area contributed by atoms with Crippen molar-refractivity contribution in [3.8, 4) is 0 Å². The molecule has 80 valence electrons. The van der Waals surface area contributed by atoms with Gasteiger partial charge in [-0.3, -0.25) is 4.79 Å². The predicted octanol–water partition coefficient (Wildman–Crippen LogP) is 2.01. The van der Waals surface area contributed by atoms with Gasteiger partial charge in [0.15, 0.2) is 0 Å². The number of aliphatic hydroxyl groups is 1. The van der Waals surface area contributed by atoms with E-state index in [4.69, 9.17) is 5.11 Å². The normalized spacial score (nSPS) is 44.7. The number of hydrogen-bond donors (Lipinski definition) is 1. The van der Waals surface area contributed by atoms with Crippen LogP contribution in [0.25, 0.3) is 0 Å². The van der Waals surface area contributed by atoms with E-state index in [0.717, 1.165) is 6.42 Å². The van der Waals surface area contributed by atoms with Crippen LogP contribution in [0.1, 0.15) is 40.0 Å². The highest BCUT2D eigenvalue weighted by Gasteiger charge is 2.65. The molecule has 1 N–H and O–H groups in total. The molecular formula is C12H20O2. The van der Waals surface area contributed by atoms with E-state index in [1.807, 2.05) is 0 Å². The molecular weight excluding hydrogens is 176 g/mol. The molecule has 2 aliphatic carbocycles. The summed E-state index contributed by atoms with van der Waals surface area (Å²) >= 11 is 0. The monoisotopic (exact) mass is 196 g/mol. The first kappa shape index (κ1) is 10.2. The number of carbonyl (C=O) groups excluding carboxylic acids is 1. The number of rotatable bonds is 2. The number of fused-ring (bicyclic) bond motifs is 2. The molecule has 2 nitrogen and oxygen atoms in total. The van der Waals surface area contributed by atoms with Crippen molar-refractivity contribution in [2.24, 2.45) is 22.7 Å². The molecule has 2 rings (SSSR count). The molecule has 2 aliphatic rings. The minimum Gasteiger partial charge on any atom is -0.396 e. The smallest absolute Gasteiger partial charge is 0.142 e. The van der Waals surface area contributed by atoms with Crippen LogP contribution in [0, 0.1) is 22.7 Å². The summed E-state index contributed by atoms with van der Waals surface area (Å²) in [5.74, 6) is 1.05. The molecule has 0 aromatic carbocycles. The lowest BCUT2D eigenvalue weighted by Crippen LogP contribution is -2.33. The van der Waals surface area contributed by atoms with E-state index >= 15 is 0 Å². The lowest BCUT2D eigenvalue weighted by Gasteiger charge is -2.32. The van der Waals surface area contributed by atoms with Gasteiger partial charge in [-0.15, -0.1) is 0 Å². The Balaban J connectivity index is 2.34. The Hall–Kier alpha value is -0.370. The van der Waals surface area contributed by atoms with Gasteiger partial charge in [-0.05, 0) is 30.6 Å². The topological polar surface area (TPSA) is 37.3 Å². The van der Waals surface area contributed by atoms with Gasteiger partial charge in [-0.1, -0.05) is 20.8 Å². The molecule has 14 heavy (non-hydrogen) atoms. The van der Waals surface area contributed by atoms with Gasteiger partial charge in [0.25, 0.3) is 0 Å². The first-order chi connectivity index (χ1) is 6.45. The summed E-state index contributed by atoms with van der Waals surface area (Å²) in [5.41, 5.74) is 0.0292. The highest BCUT2D eigenvalue weighted by atomic mass is 16.3. The van der Waals surface area contributed by atoms with Gasteiger partial charge < -0.3 is 5.11 Å². The molecule has 0 aliphatic heterocycles. The predicted molar refractivity (Wildman–Crippen MR) is 54.8 cm³/mol. The van der Waals surface area contributed by atoms with Crippen LogP contribution in [0.15, 0.2) is 0 Å². The lowest BCUT2D eigenvalue weighted by molar-refractivity contribution is -0.132. The highest BCUT2D eigenvalue weighted by Crippen LogP contribution is 2.66. The SMILES string of the molecule is CC12CCC(C(CCO)C1=O)C2(C)C. The van der Waals surface area contributed by atoms with Crippen molar-refractivity contribution in [1.29, 1.82) is 0 Å². The maximum Gasteiger partial charge on any atom is 0.142 e. The Morgan fingerprint density at radius 3 is 2.50 bits per heavy atom. The average Bonchev–Trinajstić information content (AvgIpc) is 2.41. The lowest BCUT2D eigenvalue weighted by atomic mass is 9.70. The van der Waals surface area contributed by atoms with E-state index in [1.54, 1.807) is 0 Å². The minimum absolute atomic E-state index is 0.114. The summed E-state index contributed by atoms with van der Waals surface area (Å²) in [7, 11) is 0. The van der Waals surface area contributed by atoms with Crippen molar-refractivity contribution < 1.29 is 9.90 Å². The molecule has 3 atom stereocenters. The molecule has 0 spiro atoms. The fraction of sp³-hybridized carbons (Fsp3) is 0.917. The van der Waals surface area contributed by atoms with Crippen molar-refractivity contribution in [3.05, 3.63) is 0 Å². The molecule has 3 unspecified atom stereocenters. The second kappa shape index (κ2) is 2.82. The maximum atomic E-state index is 12.2. The first-order valence-corrected chi connectivity index (χ1v) is 5.60. The van der Waals surface area contributed by atoms with Gasteiger partial charge in [0.2, 0.25) is 0 Å². The standard InChI is InChI=1S/C12H20O2/c1-11(2)9-4-6-12(11,3)10(14)8(9)5-7-13/h8-9,13H,4-7H2,1-3H3. The quantitative estimate of drug-likeness (QED) is 0.733. The second-order valence-corrected chi connectivity index (χ2v) is 5.68. The van der Waals surface area contributed by atoms with E-state index < -0.39 is 0 Å². The zero-order chi connectivity index (χ0) is 10.6. The Kier molecular flexibility index (Phi) is 2.04.